The molecule has 2 fully saturated rings. The Bertz CT molecular complexity index is 442. The molecule has 0 unspecified atom stereocenters. The van der Waals surface area contributed by atoms with Crippen molar-refractivity contribution in [3.05, 3.63) is 0 Å². The molecule has 2 rings (SSSR count). The molecule has 0 saturated carbocycles. The van der Waals surface area contributed by atoms with E-state index in [0.717, 1.165) is 19.3 Å². The van der Waals surface area contributed by atoms with Gasteiger partial charge >= 0.3 is 5.97 Å². The van der Waals surface area contributed by atoms with Crippen LogP contribution >= 0.6 is 0 Å². The van der Waals surface area contributed by atoms with Crippen molar-refractivity contribution in [1.82, 2.24) is 0 Å². The Morgan fingerprint density at radius 1 is 1.27 bits per heavy atom. The van der Waals surface area contributed by atoms with E-state index >= 15 is 0 Å². The van der Waals surface area contributed by atoms with E-state index in [1.54, 1.807) is 0 Å². The van der Waals surface area contributed by atoms with Crippen LogP contribution in [0.1, 0.15) is 60.3 Å². The zero-order valence-corrected chi connectivity index (χ0v) is 16.2. The number of fused-ring (bicyclic) bond motifs is 1. The number of hydrogen-bond donors (Lipinski definition) is 0. The van der Waals surface area contributed by atoms with Crippen LogP contribution in [0.25, 0.3) is 0 Å². The van der Waals surface area contributed by atoms with E-state index in [-0.39, 0.29) is 22.7 Å². The summed E-state index contributed by atoms with van der Waals surface area (Å²) in [5.41, 5.74) is -0.735. The van der Waals surface area contributed by atoms with E-state index in [1.807, 2.05) is 0 Å². The predicted molar refractivity (Wildman–Crippen MR) is 89.4 cm³/mol. The van der Waals surface area contributed by atoms with Gasteiger partial charge in [0, 0.05) is 6.42 Å². The summed E-state index contributed by atoms with van der Waals surface area (Å²) in [6, 6.07) is 0. The van der Waals surface area contributed by atoms with Crippen LogP contribution in [-0.4, -0.2) is 38.2 Å². The lowest BCUT2D eigenvalue weighted by atomic mass is 9.85. The third kappa shape index (κ3) is 3.00. The van der Waals surface area contributed by atoms with Gasteiger partial charge in [-0.15, -0.1) is 0 Å². The average Bonchev–Trinajstić information content (AvgIpc) is 2.85. The highest BCUT2D eigenvalue weighted by Gasteiger charge is 2.61. The van der Waals surface area contributed by atoms with Gasteiger partial charge in [0.2, 0.25) is 0 Å². The number of hydrogen-bond acceptors (Lipinski definition) is 4. The molecule has 0 amide bonds. The second kappa shape index (κ2) is 5.60. The molecule has 2 aliphatic rings. The van der Waals surface area contributed by atoms with Crippen LogP contribution in [0.4, 0.5) is 0 Å². The van der Waals surface area contributed by atoms with Crippen LogP contribution in [-0.2, 0) is 18.7 Å². The van der Waals surface area contributed by atoms with Gasteiger partial charge in [0.05, 0.1) is 18.6 Å². The molecule has 3 atom stereocenters. The molecule has 0 aromatic carbocycles. The molecular weight excluding hydrogens is 296 g/mol. The summed E-state index contributed by atoms with van der Waals surface area (Å²) >= 11 is 0. The minimum atomic E-state index is -1.81. The van der Waals surface area contributed by atoms with Crippen molar-refractivity contribution in [3.63, 3.8) is 0 Å². The number of carbonyl (C=O) groups excluding carboxylic acids is 1. The molecule has 2 saturated heterocycles. The standard InChI is InChI=1S/C17H32O4Si/c1-8-16(12-19-22(6,7)15(3,4)5)11-17(9-2)13(20-16)10-14(18)21-17/h13H,8-12H2,1-7H3/t13-,16+,17-/m0/s1. The Labute approximate surface area is 136 Å². The number of esters is 1. The molecule has 2 aliphatic heterocycles. The van der Waals surface area contributed by atoms with Gasteiger partial charge in [0.15, 0.2) is 8.32 Å². The van der Waals surface area contributed by atoms with Crippen molar-refractivity contribution >= 4 is 14.3 Å². The van der Waals surface area contributed by atoms with Crippen molar-refractivity contribution in [2.75, 3.05) is 6.61 Å². The topological polar surface area (TPSA) is 44.8 Å². The summed E-state index contributed by atoms with van der Waals surface area (Å²) < 4.78 is 18.4. The van der Waals surface area contributed by atoms with Gasteiger partial charge < -0.3 is 13.9 Å². The van der Waals surface area contributed by atoms with E-state index in [9.17, 15) is 4.79 Å². The smallest absolute Gasteiger partial charge is 0.309 e. The first-order chi connectivity index (χ1) is 9.99. The van der Waals surface area contributed by atoms with Crippen molar-refractivity contribution in [2.24, 2.45) is 0 Å². The van der Waals surface area contributed by atoms with Crippen LogP contribution in [0.3, 0.4) is 0 Å². The Kier molecular flexibility index (Phi) is 4.57. The molecule has 2 heterocycles. The molecule has 0 aromatic rings. The van der Waals surface area contributed by atoms with Crippen LogP contribution < -0.4 is 0 Å². The summed E-state index contributed by atoms with van der Waals surface area (Å²) in [6.45, 7) is 16.1. The highest BCUT2D eigenvalue weighted by atomic mass is 28.4. The number of rotatable bonds is 5. The second-order valence-electron chi connectivity index (χ2n) is 8.47. The summed E-state index contributed by atoms with van der Waals surface area (Å²) in [7, 11) is -1.81. The lowest BCUT2D eigenvalue weighted by Crippen LogP contribution is -2.46. The quantitative estimate of drug-likeness (QED) is 0.564. The largest absolute Gasteiger partial charge is 0.456 e. The SMILES string of the molecule is CC[C@]1(CO[Si](C)(C)C(C)(C)C)C[C@]2(CC)OC(=O)C[C@@H]2O1. The van der Waals surface area contributed by atoms with Crippen LogP contribution in [0.15, 0.2) is 0 Å². The third-order valence-corrected chi connectivity index (χ3v) is 10.5. The fraction of sp³-hybridized carbons (Fsp3) is 0.941. The fourth-order valence-corrected chi connectivity index (χ4v) is 4.26. The lowest BCUT2D eigenvalue weighted by Gasteiger charge is -2.39. The van der Waals surface area contributed by atoms with Crippen LogP contribution in [0, 0.1) is 0 Å². The molecule has 5 heteroatoms. The van der Waals surface area contributed by atoms with Crippen molar-refractivity contribution in [1.29, 1.82) is 0 Å². The fourth-order valence-electron chi connectivity index (χ4n) is 3.21. The van der Waals surface area contributed by atoms with Crippen LogP contribution in [0.2, 0.25) is 18.1 Å². The Morgan fingerprint density at radius 3 is 2.36 bits per heavy atom. The van der Waals surface area contributed by atoms with Gasteiger partial charge in [-0.05, 0) is 31.0 Å². The first-order valence-corrected chi connectivity index (χ1v) is 11.4. The highest BCUT2D eigenvalue weighted by Crippen LogP contribution is 2.50. The maximum absolute atomic E-state index is 11.6. The summed E-state index contributed by atoms with van der Waals surface area (Å²) in [5.74, 6) is -0.123. The molecule has 0 radical (unpaired) electrons. The first kappa shape index (κ1) is 18.0. The Hall–Kier alpha value is -0.393. The monoisotopic (exact) mass is 328 g/mol. The summed E-state index contributed by atoms with van der Waals surface area (Å²) in [6.07, 6.45) is 2.74. The molecule has 0 bridgehead atoms. The zero-order valence-electron chi connectivity index (χ0n) is 15.2. The van der Waals surface area contributed by atoms with Crippen LogP contribution in [0.5, 0.6) is 0 Å². The maximum Gasteiger partial charge on any atom is 0.309 e. The minimum Gasteiger partial charge on any atom is -0.456 e. The van der Waals surface area contributed by atoms with Gasteiger partial charge in [-0.3, -0.25) is 4.79 Å². The first-order valence-electron chi connectivity index (χ1n) is 8.53. The molecule has 0 N–H and O–H groups in total. The van der Waals surface area contributed by atoms with Crippen molar-refractivity contribution in [3.8, 4) is 0 Å². The number of ether oxygens (including phenoxy) is 2. The van der Waals surface area contributed by atoms with Crippen molar-refractivity contribution < 1.29 is 18.7 Å². The average molecular weight is 329 g/mol. The summed E-state index contributed by atoms with van der Waals surface area (Å²) in [5, 5.41) is 0.186. The van der Waals surface area contributed by atoms with Gasteiger partial charge in [0.1, 0.15) is 11.7 Å². The molecule has 0 aliphatic carbocycles. The predicted octanol–water partition coefficient (Wildman–Crippen LogP) is 4.04. The summed E-state index contributed by atoms with van der Waals surface area (Å²) in [4.78, 5) is 11.6. The van der Waals surface area contributed by atoms with Gasteiger partial charge in [-0.1, -0.05) is 34.6 Å². The Balaban J connectivity index is 2.11. The molecular formula is C17H32O4Si. The van der Waals surface area contributed by atoms with E-state index in [0.29, 0.717) is 13.0 Å². The minimum absolute atomic E-state index is 0.104. The van der Waals surface area contributed by atoms with Gasteiger partial charge in [-0.2, -0.15) is 0 Å². The van der Waals surface area contributed by atoms with E-state index in [4.69, 9.17) is 13.9 Å². The lowest BCUT2D eigenvalue weighted by molar-refractivity contribution is -0.149. The zero-order chi connectivity index (χ0) is 16.8. The van der Waals surface area contributed by atoms with Crippen molar-refractivity contribution in [2.45, 2.75) is 95.7 Å². The highest BCUT2D eigenvalue weighted by molar-refractivity contribution is 6.74. The number of carbonyl (C=O) groups is 1. The third-order valence-electron chi connectivity index (χ3n) is 6.01. The van der Waals surface area contributed by atoms with E-state index in [2.05, 4.69) is 47.7 Å². The molecule has 128 valence electrons. The van der Waals surface area contributed by atoms with E-state index in [1.165, 1.54) is 0 Å². The molecule has 0 aromatic heterocycles. The van der Waals surface area contributed by atoms with E-state index < -0.39 is 13.9 Å². The second-order valence-corrected chi connectivity index (χ2v) is 13.3. The molecule has 22 heavy (non-hydrogen) atoms. The maximum atomic E-state index is 11.6. The van der Waals surface area contributed by atoms with Gasteiger partial charge in [-0.25, -0.2) is 0 Å². The molecule has 4 nitrogen and oxygen atoms in total. The molecule has 0 spiro atoms. The normalized spacial score (nSPS) is 35.6. The van der Waals surface area contributed by atoms with Gasteiger partial charge in [0.25, 0.3) is 0 Å². The Morgan fingerprint density at radius 2 is 1.91 bits per heavy atom.